The van der Waals surface area contributed by atoms with Crippen molar-refractivity contribution in [1.82, 2.24) is 15.1 Å². The molecule has 0 bridgehead atoms. The predicted molar refractivity (Wildman–Crippen MR) is 52.7 cm³/mol. The summed E-state index contributed by atoms with van der Waals surface area (Å²) < 4.78 is 0. The van der Waals surface area contributed by atoms with Gasteiger partial charge in [-0.15, -0.1) is 0 Å². The molecule has 3 heteroatoms. The fraction of sp³-hybridized carbons (Fsp3) is 1.00. The van der Waals surface area contributed by atoms with Gasteiger partial charge in [-0.25, -0.2) is 0 Å². The highest BCUT2D eigenvalue weighted by Gasteiger charge is 2.41. The van der Waals surface area contributed by atoms with Crippen LogP contribution in [-0.4, -0.2) is 62.2 Å². The lowest BCUT2D eigenvalue weighted by Crippen LogP contribution is -2.56. The number of rotatable bonds is 1. The Hall–Kier alpha value is -0.120. The van der Waals surface area contributed by atoms with Crippen molar-refractivity contribution in [2.75, 3.05) is 46.3 Å². The first-order valence-electron chi connectivity index (χ1n) is 5.46. The van der Waals surface area contributed by atoms with Crippen LogP contribution >= 0.6 is 0 Å². The summed E-state index contributed by atoms with van der Waals surface area (Å²) in [6, 6.07) is 0.871. The molecule has 0 aromatic heterocycles. The van der Waals surface area contributed by atoms with Gasteiger partial charge in [0.05, 0.1) is 0 Å². The maximum absolute atomic E-state index is 3.36. The molecule has 3 nitrogen and oxygen atoms in total. The van der Waals surface area contributed by atoms with Crippen LogP contribution in [0.5, 0.6) is 0 Å². The molecule has 1 N–H and O–H groups in total. The Kier molecular flexibility index (Phi) is 1.86. The Balaban J connectivity index is 1.61. The van der Waals surface area contributed by atoms with Gasteiger partial charge in [-0.1, -0.05) is 0 Å². The molecule has 0 amide bonds. The number of fused-ring (bicyclic) bond motifs is 1. The minimum atomic E-state index is 0.871. The Bertz CT molecular complexity index is 188. The van der Waals surface area contributed by atoms with Gasteiger partial charge in [0.15, 0.2) is 0 Å². The van der Waals surface area contributed by atoms with Gasteiger partial charge in [0.2, 0.25) is 0 Å². The molecule has 3 heterocycles. The zero-order valence-corrected chi connectivity index (χ0v) is 8.37. The van der Waals surface area contributed by atoms with Crippen LogP contribution in [0.4, 0.5) is 0 Å². The average molecular weight is 181 g/mol. The Morgan fingerprint density at radius 3 is 2.08 bits per heavy atom. The summed E-state index contributed by atoms with van der Waals surface area (Å²) in [5.41, 5.74) is 0. The van der Waals surface area contributed by atoms with Crippen LogP contribution in [0.3, 0.4) is 0 Å². The van der Waals surface area contributed by atoms with Gasteiger partial charge in [0.1, 0.15) is 0 Å². The third-order valence-electron chi connectivity index (χ3n) is 3.97. The predicted octanol–water partition coefficient (Wildman–Crippen LogP) is -0.548. The first-order chi connectivity index (χ1) is 6.33. The van der Waals surface area contributed by atoms with E-state index in [9.17, 15) is 0 Å². The first kappa shape index (κ1) is 8.21. The van der Waals surface area contributed by atoms with Gasteiger partial charge in [-0.2, -0.15) is 0 Å². The van der Waals surface area contributed by atoms with E-state index >= 15 is 0 Å². The van der Waals surface area contributed by atoms with E-state index in [0.717, 1.165) is 17.9 Å². The second-order valence-corrected chi connectivity index (χ2v) is 5.01. The Morgan fingerprint density at radius 1 is 1.00 bits per heavy atom. The quantitative estimate of drug-likeness (QED) is 0.586. The topological polar surface area (TPSA) is 18.5 Å². The Labute approximate surface area is 80.1 Å². The molecule has 0 aliphatic carbocycles. The van der Waals surface area contributed by atoms with Crippen LogP contribution in [0.25, 0.3) is 0 Å². The molecular weight excluding hydrogens is 162 g/mol. The highest BCUT2D eigenvalue weighted by Crippen LogP contribution is 2.31. The van der Waals surface area contributed by atoms with Crippen LogP contribution in [0, 0.1) is 11.8 Å². The molecule has 0 radical (unpaired) electrons. The third-order valence-corrected chi connectivity index (χ3v) is 3.97. The summed E-state index contributed by atoms with van der Waals surface area (Å²) >= 11 is 0. The van der Waals surface area contributed by atoms with E-state index in [2.05, 4.69) is 22.2 Å². The van der Waals surface area contributed by atoms with Gasteiger partial charge in [0.25, 0.3) is 0 Å². The molecule has 0 aromatic carbocycles. The van der Waals surface area contributed by atoms with E-state index in [1.165, 1.54) is 39.3 Å². The summed E-state index contributed by atoms with van der Waals surface area (Å²) in [5, 5.41) is 3.36. The molecule has 13 heavy (non-hydrogen) atoms. The van der Waals surface area contributed by atoms with Gasteiger partial charge < -0.3 is 10.2 Å². The lowest BCUT2D eigenvalue weighted by atomic mass is 10.0. The normalized spacial score (nSPS) is 42.2. The number of hydrogen-bond acceptors (Lipinski definition) is 3. The summed E-state index contributed by atoms with van der Waals surface area (Å²) in [7, 11) is 2.26. The molecule has 3 fully saturated rings. The molecule has 3 saturated heterocycles. The summed E-state index contributed by atoms with van der Waals surface area (Å²) in [4.78, 5) is 5.20. The van der Waals surface area contributed by atoms with Crippen molar-refractivity contribution in [1.29, 1.82) is 0 Å². The molecule has 0 aromatic rings. The van der Waals surface area contributed by atoms with E-state index in [-0.39, 0.29) is 0 Å². The third kappa shape index (κ3) is 1.30. The van der Waals surface area contributed by atoms with E-state index in [4.69, 9.17) is 0 Å². The largest absolute Gasteiger partial charge is 0.314 e. The molecule has 3 rings (SSSR count). The SMILES string of the molecule is CN1C[C@@H]2CN(C3CNC3)C[C@@H]2C1. The fourth-order valence-corrected chi connectivity index (χ4v) is 3.09. The number of likely N-dealkylation sites (tertiary alicyclic amines) is 2. The number of nitrogens with one attached hydrogen (secondary N) is 1. The van der Waals surface area contributed by atoms with Crippen molar-refractivity contribution in [2.24, 2.45) is 11.8 Å². The average Bonchev–Trinajstić information content (AvgIpc) is 2.39. The zero-order chi connectivity index (χ0) is 8.84. The maximum Gasteiger partial charge on any atom is 0.0345 e. The molecule has 0 spiro atoms. The van der Waals surface area contributed by atoms with Crippen molar-refractivity contribution in [2.45, 2.75) is 6.04 Å². The van der Waals surface area contributed by atoms with Crippen molar-refractivity contribution in [3.8, 4) is 0 Å². The van der Waals surface area contributed by atoms with Crippen LogP contribution in [-0.2, 0) is 0 Å². The van der Waals surface area contributed by atoms with Crippen molar-refractivity contribution in [3.05, 3.63) is 0 Å². The van der Waals surface area contributed by atoms with Crippen molar-refractivity contribution in [3.63, 3.8) is 0 Å². The van der Waals surface area contributed by atoms with E-state index < -0.39 is 0 Å². The first-order valence-corrected chi connectivity index (χ1v) is 5.46. The van der Waals surface area contributed by atoms with Gasteiger partial charge in [-0.05, 0) is 18.9 Å². The van der Waals surface area contributed by atoms with E-state index in [0.29, 0.717) is 0 Å². The molecule has 3 aliphatic rings. The minimum absolute atomic E-state index is 0.871. The molecule has 2 atom stereocenters. The minimum Gasteiger partial charge on any atom is -0.314 e. The number of nitrogens with zero attached hydrogens (tertiary/aromatic N) is 2. The lowest BCUT2D eigenvalue weighted by Gasteiger charge is -2.36. The van der Waals surface area contributed by atoms with Crippen molar-refractivity contribution < 1.29 is 0 Å². The molecule has 0 saturated carbocycles. The summed E-state index contributed by atoms with van der Waals surface area (Å²) in [6.07, 6.45) is 0. The second kappa shape index (κ2) is 2.94. The Morgan fingerprint density at radius 2 is 1.62 bits per heavy atom. The summed E-state index contributed by atoms with van der Waals surface area (Å²) in [6.45, 7) is 7.86. The van der Waals surface area contributed by atoms with Crippen LogP contribution in [0.15, 0.2) is 0 Å². The van der Waals surface area contributed by atoms with E-state index in [1.54, 1.807) is 0 Å². The lowest BCUT2D eigenvalue weighted by molar-refractivity contribution is 0.160. The summed E-state index contributed by atoms with van der Waals surface area (Å²) in [5.74, 6) is 1.95. The van der Waals surface area contributed by atoms with Gasteiger partial charge in [0, 0.05) is 45.3 Å². The maximum atomic E-state index is 3.36. The second-order valence-electron chi connectivity index (χ2n) is 5.01. The smallest absolute Gasteiger partial charge is 0.0345 e. The van der Waals surface area contributed by atoms with Crippen LogP contribution < -0.4 is 5.32 Å². The van der Waals surface area contributed by atoms with E-state index in [1.807, 2.05) is 0 Å². The van der Waals surface area contributed by atoms with Gasteiger partial charge >= 0.3 is 0 Å². The van der Waals surface area contributed by atoms with Crippen LogP contribution in [0.2, 0.25) is 0 Å². The molecule has 74 valence electrons. The standard InChI is InChI=1S/C10H19N3/c1-12-4-8-6-13(7-9(8)5-12)10-2-11-3-10/h8-11H,2-7H2,1H3/t8-,9+. The van der Waals surface area contributed by atoms with Crippen LogP contribution in [0.1, 0.15) is 0 Å². The highest BCUT2D eigenvalue weighted by molar-refractivity contribution is 4.97. The van der Waals surface area contributed by atoms with Gasteiger partial charge in [-0.3, -0.25) is 4.90 Å². The van der Waals surface area contributed by atoms with Crippen molar-refractivity contribution >= 4 is 0 Å². The molecule has 0 unspecified atom stereocenters. The number of hydrogen-bond donors (Lipinski definition) is 1. The molecular formula is C10H19N3. The monoisotopic (exact) mass is 181 g/mol. The fourth-order valence-electron chi connectivity index (χ4n) is 3.09. The molecule has 3 aliphatic heterocycles. The highest BCUT2D eigenvalue weighted by atomic mass is 15.3. The zero-order valence-electron chi connectivity index (χ0n) is 8.37.